The van der Waals surface area contributed by atoms with E-state index in [2.05, 4.69) is 4.90 Å². The summed E-state index contributed by atoms with van der Waals surface area (Å²) < 4.78 is 23.6. The van der Waals surface area contributed by atoms with Gasteiger partial charge < -0.3 is 5.11 Å². The number of carboxylic acids is 1. The normalized spacial score (nSPS) is 30.6. The zero-order valence-corrected chi connectivity index (χ0v) is 12.1. The predicted octanol–water partition coefficient (Wildman–Crippen LogP) is -0.346. The molecule has 0 aromatic heterocycles. The van der Waals surface area contributed by atoms with Crippen LogP contribution >= 0.6 is 0 Å². The minimum atomic E-state index is -2.98. The number of carbonyl (C=O) groups is 1. The summed E-state index contributed by atoms with van der Waals surface area (Å²) in [5, 5.41) is 8.52. The van der Waals surface area contributed by atoms with Gasteiger partial charge in [-0.25, -0.2) is 8.42 Å². The van der Waals surface area contributed by atoms with Crippen LogP contribution in [0.4, 0.5) is 0 Å². The van der Waals surface area contributed by atoms with Crippen LogP contribution in [0.1, 0.15) is 19.3 Å². The van der Waals surface area contributed by atoms with Crippen molar-refractivity contribution in [3.8, 4) is 0 Å². The first-order chi connectivity index (χ1) is 8.88. The molecule has 0 aromatic rings. The number of hydrogen-bond acceptors (Lipinski definition) is 5. The summed E-state index contributed by atoms with van der Waals surface area (Å²) in [5.74, 6) is -0.802. The summed E-state index contributed by atoms with van der Waals surface area (Å²) in [6.07, 6.45) is 4.00. The summed E-state index contributed by atoms with van der Waals surface area (Å²) in [6.45, 7) is 3.03. The van der Waals surface area contributed by atoms with Crippen LogP contribution in [0.25, 0.3) is 0 Å². The maximum absolute atomic E-state index is 11.8. The maximum Gasteiger partial charge on any atom is 0.317 e. The van der Waals surface area contributed by atoms with E-state index in [4.69, 9.17) is 5.11 Å². The van der Waals surface area contributed by atoms with E-state index in [1.54, 1.807) is 0 Å². The van der Waals surface area contributed by atoms with E-state index < -0.39 is 15.8 Å². The van der Waals surface area contributed by atoms with Crippen molar-refractivity contribution in [2.75, 3.05) is 39.0 Å². The van der Waals surface area contributed by atoms with Crippen molar-refractivity contribution in [2.45, 2.75) is 30.6 Å². The fourth-order valence-corrected chi connectivity index (χ4v) is 4.74. The molecule has 2 unspecified atom stereocenters. The van der Waals surface area contributed by atoms with E-state index >= 15 is 0 Å². The summed E-state index contributed by atoms with van der Waals surface area (Å²) in [5.41, 5.74) is 0. The highest BCUT2D eigenvalue weighted by Gasteiger charge is 2.39. The van der Waals surface area contributed by atoms with Crippen molar-refractivity contribution in [1.82, 2.24) is 9.80 Å². The molecular formula is C12H22N2O4S. The van der Waals surface area contributed by atoms with Crippen LogP contribution in [0.3, 0.4) is 0 Å². The molecule has 6 nitrogen and oxygen atoms in total. The van der Waals surface area contributed by atoms with Gasteiger partial charge in [-0.3, -0.25) is 14.6 Å². The molecule has 19 heavy (non-hydrogen) atoms. The van der Waals surface area contributed by atoms with Gasteiger partial charge in [0.05, 0.1) is 11.8 Å². The number of nitrogens with zero attached hydrogens (tertiary/aromatic N) is 2. The van der Waals surface area contributed by atoms with Gasteiger partial charge in [0.2, 0.25) is 0 Å². The van der Waals surface area contributed by atoms with Crippen LogP contribution in [-0.4, -0.2) is 79.6 Å². The van der Waals surface area contributed by atoms with Gasteiger partial charge in [-0.15, -0.1) is 0 Å². The Kier molecular flexibility index (Phi) is 4.47. The Labute approximate surface area is 114 Å². The van der Waals surface area contributed by atoms with Crippen LogP contribution in [0, 0.1) is 0 Å². The number of carboxylic acid groups (broad SMARTS) is 1. The average molecular weight is 290 g/mol. The monoisotopic (exact) mass is 290 g/mol. The van der Waals surface area contributed by atoms with Gasteiger partial charge in [-0.05, 0) is 12.8 Å². The molecule has 1 aliphatic carbocycles. The van der Waals surface area contributed by atoms with Gasteiger partial charge in [0.15, 0.2) is 9.84 Å². The Bertz CT molecular complexity index is 429. The molecule has 110 valence electrons. The number of sulfone groups is 1. The largest absolute Gasteiger partial charge is 0.480 e. The molecule has 0 spiro atoms. The first-order valence-electron chi connectivity index (χ1n) is 6.75. The third kappa shape index (κ3) is 3.67. The van der Waals surface area contributed by atoms with Gasteiger partial charge >= 0.3 is 5.97 Å². The van der Waals surface area contributed by atoms with Gasteiger partial charge in [0.25, 0.3) is 0 Å². The molecule has 1 saturated heterocycles. The van der Waals surface area contributed by atoms with Crippen molar-refractivity contribution in [2.24, 2.45) is 0 Å². The lowest BCUT2D eigenvalue weighted by Gasteiger charge is -2.39. The Morgan fingerprint density at radius 1 is 1.21 bits per heavy atom. The number of hydrogen-bond donors (Lipinski definition) is 1. The molecule has 0 bridgehead atoms. The lowest BCUT2D eigenvalue weighted by molar-refractivity contribution is -0.138. The molecule has 2 aliphatic rings. The molecule has 1 saturated carbocycles. The molecule has 1 N–H and O–H groups in total. The maximum atomic E-state index is 11.8. The molecule has 2 atom stereocenters. The van der Waals surface area contributed by atoms with Crippen molar-refractivity contribution >= 4 is 15.8 Å². The Morgan fingerprint density at radius 3 is 2.37 bits per heavy atom. The minimum Gasteiger partial charge on any atom is -0.480 e. The van der Waals surface area contributed by atoms with Gasteiger partial charge in [0, 0.05) is 38.5 Å². The third-order valence-electron chi connectivity index (χ3n) is 4.20. The van der Waals surface area contributed by atoms with Crippen molar-refractivity contribution in [1.29, 1.82) is 0 Å². The highest BCUT2D eigenvalue weighted by atomic mass is 32.2. The van der Waals surface area contributed by atoms with Gasteiger partial charge in [0.1, 0.15) is 0 Å². The van der Waals surface area contributed by atoms with E-state index in [0.717, 1.165) is 32.4 Å². The van der Waals surface area contributed by atoms with Crippen LogP contribution in [-0.2, 0) is 14.6 Å². The highest BCUT2D eigenvalue weighted by Crippen LogP contribution is 2.29. The Morgan fingerprint density at radius 2 is 1.84 bits per heavy atom. The second-order valence-corrected chi connectivity index (χ2v) is 7.84. The summed E-state index contributed by atoms with van der Waals surface area (Å²) >= 11 is 0. The number of aliphatic carboxylic acids is 1. The molecule has 0 amide bonds. The quantitative estimate of drug-likeness (QED) is 0.763. The highest BCUT2D eigenvalue weighted by molar-refractivity contribution is 7.91. The van der Waals surface area contributed by atoms with E-state index in [1.165, 1.54) is 6.26 Å². The molecule has 0 aromatic carbocycles. The zero-order valence-electron chi connectivity index (χ0n) is 11.3. The SMILES string of the molecule is CS(=O)(=O)C1CCCC1N1CCN(CC(=O)O)CC1. The van der Waals surface area contributed by atoms with Crippen LogP contribution in [0.2, 0.25) is 0 Å². The molecule has 7 heteroatoms. The first kappa shape index (κ1) is 14.7. The number of piperazine rings is 1. The Balaban J connectivity index is 1.92. The summed E-state index contributed by atoms with van der Waals surface area (Å²) in [4.78, 5) is 14.8. The van der Waals surface area contributed by atoms with Crippen LogP contribution in [0.15, 0.2) is 0 Å². The topological polar surface area (TPSA) is 77.9 Å². The third-order valence-corrected chi connectivity index (χ3v) is 5.85. The zero-order chi connectivity index (χ0) is 14.0. The van der Waals surface area contributed by atoms with Gasteiger partial charge in [-0.2, -0.15) is 0 Å². The summed E-state index contributed by atoms with van der Waals surface area (Å²) in [7, 11) is -2.98. The standard InChI is InChI=1S/C12H22N2O4S/c1-19(17,18)11-4-2-3-10(11)14-7-5-13(6-8-14)9-12(15)16/h10-11H,2-9H2,1H3,(H,15,16). The second kappa shape index (κ2) is 5.76. The summed E-state index contributed by atoms with van der Waals surface area (Å²) in [6, 6.07) is 0.127. The molecular weight excluding hydrogens is 268 g/mol. The van der Waals surface area contributed by atoms with Gasteiger partial charge in [-0.1, -0.05) is 6.42 Å². The molecule has 1 heterocycles. The van der Waals surface area contributed by atoms with Crippen LogP contribution in [0.5, 0.6) is 0 Å². The lowest BCUT2D eigenvalue weighted by Crippen LogP contribution is -2.54. The predicted molar refractivity (Wildman–Crippen MR) is 71.9 cm³/mol. The molecule has 0 radical (unpaired) electrons. The Hall–Kier alpha value is -0.660. The fraction of sp³-hybridized carbons (Fsp3) is 0.917. The second-order valence-electron chi connectivity index (χ2n) is 5.57. The average Bonchev–Trinajstić information content (AvgIpc) is 2.77. The first-order valence-corrected chi connectivity index (χ1v) is 8.70. The van der Waals surface area contributed by atoms with E-state index in [9.17, 15) is 13.2 Å². The van der Waals surface area contributed by atoms with Crippen molar-refractivity contribution in [3.05, 3.63) is 0 Å². The molecule has 2 rings (SSSR count). The van der Waals surface area contributed by atoms with E-state index in [1.807, 2.05) is 4.90 Å². The smallest absolute Gasteiger partial charge is 0.317 e. The molecule has 1 aliphatic heterocycles. The minimum absolute atomic E-state index is 0.0774. The lowest BCUT2D eigenvalue weighted by atomic mass is 10.1. The van der Waals surface area contributed by atoms with Crippen molar-refractivity contribution in [3.63, 3.8) is 0 Å². The van der Waals surface area contributed by atoms with E-state index in [0.29, 0.717) is 13.1 Å². The van der Waals surface area contributed by atoms with E-state index in [-0.39, 0.29) is 17.8 Å². The molecule has 2 fully saturated rings. The van der Waals surface area contributed by atoms with Crippen molar-refractivity contribution < 1.29 is 18.3 Å². The number of rotatable bonds is 4. The fourth-order valence-electron chi connectivity index (χ4n) is 3.27. The van der Waals surface area contributed by atoms with Crippen LogP contribution < -0.4 is 0 Å².